The molecule has 1 aliphatic rings. The van der Waals surface area contributed by atoms with Gasteiger partial charge in [0.15, 0.2) is 0 Å². The van der Waals surface area contributed by atoms with Crippen molar-refractivity contribution in [3.63, 3.8) is 0 Å². The van der Waals surface area contributed by atoms with Crippen LogP contribution in [0.15, 0.2) is 4.90 Å². The average Bonchev–Trinajstić information content (AvgIpc) is 2.70. The van der Waals surface area contributed by atoms with Crippen LogP contribution in [0.4, 0.5) is 0 Å². The minimum Gasteiger partial charge on any atom is -0.314 e. The Bertz CT molecular complexity index is 557. The minimum absolute atomic E-state index is 0.341. The summed E-state index contributed by atoms with van der Waals surface area (Å²) in [5, 5.41) is 9.87. The Balaban J connectivity index is 2.37. The smallest absolute Gasteiger partial charge is 0.246 e. The Hall–Kier alpha value is -0.920. The summed E-state index contributed by atoms with van der Waals surface area (Å²) in [6, 6.07) is 0. The maximum atomic E-state index is 12.9. The molecule has 0 aliphatic carbocycles. The Morgan fingerprint density at radius 3 is 2.50 bits per heavy atom. The lowest BCUT2D eigenvalue weighted by Gasteiger charge is -2.34. The molecule has 114 valence electrons. The SMILES string of the molecule is CNCc1n[nH]c(C)c1S(=O)(=O)N1CC(C)CC(C)C1. The number of H-pyrrole nitrogens is 1. The van der Waals surface area contributed by atoms with Crippen LogP contribution in [0.25, 0.3) is 0 Å². The highest BCUT2D eigenvalue weighted by Gasteiger charge is 2.35. The molecule has 6 nitrogen and oxygen atoms in total. The van der Waals surface area contributed by atoms with Gasteiger partial charge in [-0.3, -0.25) is 5.10 Å². The van der Waals surface area contributed by atoms with E-state index in [2.05, 4.69) is 29.4 Å². The van der Waals surface area contributed by atoms with Crippen molar-refractivity contribution in [3.8, 4) is 0 Å². The highest BCUT2D eigenvalue weighted by atomic mass is 32.2. The molecular weight excluding hydrogens is 276 g/mol. The van der Waals surface area contributed by atoms with Gasteiger partial charge in [0.25, 0.3) is 0 Å². The van der Waals surface area contributed by atoms with E-state index >= 15 is 0 Å². The molecular formula is C13H24N4O2S. The van der Waals surface area contributed by atoms with Crippen molar-refractivity contribution in [2.75, 3.05) is 20.1 Å². The minimum atomic E-state index is -3.47. The van der Waals surface area contributed by atoms with E-state index in [1.165, 1.54) is 0 Å². The van der Waals surface area contributed by atoms with Crippen molar-refractivity contribution >= 4 is 10.0 Å². The van der Waals surface area contributed by atoms with Gasteiger partial charge in [-0.25, -0.2) is 8.42 Å². The molecule has 0 spiro atoms. The fourth-order valence-electron chi connectivity index (χ4n) is 3.03. The summed E-state index contributed by atoms with van der Waals surface area (Å²) in [5.74, 6) is 0.793. The first-order chi connectivity index (χ1) is 9.36. The molecule has 20 heavy (non-hydrogen) atoms. The molecule has 1 aromatic rings. The van der Waals surface area contributed by atoms with Crippen LogP contribution < -0.4 is 5.32 Å². The second-order valence-electron chi connectivity index (χ2n) is 5.92. The molecule has 0 amide bonds. The summed E-state index contributed by atoms with van der Waals surface area (Å²) in [6.45, 7) is 7.60. The van der Waals surface area contributed by atoms with Gasteiger partial charge in [-0.15, -0.1) is 0 Å². The van der Waals surface area contributed by atoms with E-state index < -0.39 is 10.0 Å². The number of aromatic amines is 1. The van der Waals surface area contributed by atoms with Crippen molar-refractivity contribution < 1.29 is 8.42 Å². The molecule has 2 unspecified atom stereocenters. The lowest BCUT2D eigenvalue weighted by molar-refractivity contribution is 0.222. The van der Waals surface area contributed by atoms with Gasteiger partial charge in [0.1, 0.15) is 4.90 Å². The van der Waals surface area contributed by atoms with Gasteiger partial charge in [-0.05, 0) is 32.2 Å². The number of rotatable bonds is 4. The number of aryl methyl sites for hydroxylation is 1. The lowest BCUT2D eigenvalue weighted by Crippen LogP contribution is -2.42. The molecule has 1 fully saturated rings. The van der Waals surface area contributed by atoms with Crippen LogP contribution in [0.3, 0.4) is 0 Å². The van der Waals surface area contributed by atoms with Crippen molar-refractivity contribution in [1.29, 1.82) is 0 Å². The van der Waals surface area contributed by atoms with Crippen molar-refractivity contribution in [3.05, 3.63) is 11.4 Å². The molecule has 0 aromatic carbocycles. The number of hydrogen-bond acceptors (Lipinski definition) is 4. The molecule has 1 aliphatic heterocycles. The highest BCUT2D eigenvalue weighted by molar-refractivity contribution is 7.89. The Morgan fingerprint density at radius 2 is 1.95 bits per heavy atom. The molecule has 2 atom stereocenters. The third kappa shape index (κ3) is 2.89. The fraction of sp³-hybridized carbons (Fsp3) is 0.769. The number of nitrogens with one attached hydrogen (secondary N) is 2. The molecule has 2 heterocycles. The second kappa shape index (κ2) is 5.83. The number of nitrogens with zero attached hydrogens (tertiary/aromatic N) is 2. The fourth-order valence-corrected chi connectivity index (χ4v) is 5.04. The van der Waals surface area contributed by atoms with E-state index in [-0.39, 0.29) is 0 Å². The number of hydrogen-bond donors (Lipinski definition) is 2. The van der Waals surface area contributed by atoms with E-state index in [0.29, 0.717) is 47.8 Å². The van der Waals surface area contributed by atoms with Crippen LogP contribution >= 0.6 is 0 Å². The summed E-state index contributed by atoms with van der Waals surface area (Å²) < 4.78 is 27.4. The van der Waals surface area contributed by atoms with Crippen molar-refractivity contribution in [1.82, 2.24) is 19.8 Å². The van der Waals surface area contributed by atoms with Crippen LogP contribution in [0.5, 0.6) is 0 Å². The second-order valence-corrected chi connectivity index (χ2v) is 7.80. The first kappa shape index (κ1) is 15.5. The number of piperidine rings is 1. The average molecular weight is 300 g/mol. The van der Waals surface area contributed by atoms with Crippen LogP contribution in [-0.2, 0) is 16.6 Å². The van der Waals surface area contributed by atoms with Gasteiger partial charge >= 0.3 is 0 Å². The Morgan fingerprint density at radius 1 is 1.35 bits per heavy atom. The standard InChI is InChI=1S/C13H24N4O2S/c1-9-5-10(2)8-17(7-9)20(18,19)13-11(3)15-16-12(13)6-14-4/h9-10,14H,5-8H2,1-4H3,(H,15,16). The summed E-state index contributed by atoms with van der Waals surface area (Å²) in [5.41, 5.74) is 1.18. The summed E-state index contributed by atoms with van der Waals surface area (Å²) in [4.78, 5) is 0.341. The molecule has 7 heteroatoms. The lowest BCUT2D eigenvalue weighted by atomic mass is 9.94. The van der Waals surface area contributed by atoms with E-state index in [4.69, 9.17) is 0 Å². The quantitative estimate of drug-likeness (QED) is 0.873. The van der Waals surface area contributed by atoms with Gasteiger partial charge in [0.2, 0.25) is 10.0 Å². The molecule has 0 radical (unpaired) electrons. The summed E-state index contributed by atoms with van der Waals surface area (Å²) in [6.07, 6.45) is 1.08. The van der Waals surface area contributed by atoms with E-state index in [0.717, 1.165) is 6.42 Å². The van der Waals surface area contributed by atoms with E-state index in [9.17, 15) is 8.42 Å². The van der Waals surface area contributed by atoms with E-state index in [1.807, 2.05) is 0 Å². The topological polar surface area (TPSA) is 78.1 Å². The predicted molar refractivity (Wildman–Crippen MR) is 77.8 cm³/mol. The normalized spacial score (nSPS) is 25.0. The first-order valence-electron chi connectivity index (χ1n) is 7.04. The third-order valence-electron chi connectivity index (χ3n) is 3.74. The zero-order chi connectivity index (χ0) is 14.9. The zero-order valence-corrected chi connectivity index (χ0v) is 13.4. The van der Waals surface area contributed by atoms with Gasteiger partial charge < -0.3 is 5.32 Å². The van der Waals surface area contributed by atoms with Crippen LogP contribution in [-0.4, -0.2) is 43.1 Å². The monoisotopic (exact) mass is 300 g/mol. The molecule has 2 N–H and O–H groups in total. The van der Waals surface area contributed by atoms with Crippen LogP contribution in [0.2, 0.25) is 0 Å². The highest BCUT2D eigenvalue weighted by Crippen LogP contribution is 2.29. The van der Waals surface area contributed by atoms with Gasteiger partial charge in [0.05, 0.1) is 11.4 Å². The molecule has 2 rings (SSSR count). The maximum absolute atomic E-state index is 12.9. The Kier molecular flexibility index (Phi) is 4.51. The van der Waals surface area contributed by atoms with Crippen molar-refractivity contribution in [2.45, 2.75) is 38.6 Å². The third-order valence-corrected chi connectivity index (χ3v) is 5.77. The van der Waals surface area contributed by atoms with E-state index in [1.54, 1.807) is 18.3 Å². The predicted octanol–water partition coefficient (Wildman–Crippen LogP) is 1.10. The molecule has 1 saturated heterocycles. The zero-order valence-electron chi connectivity index (χ0n) is 12.6. The summed E-state index contributed by atoms with van der Waals surface area (Å²) in [7, 11) is -1.69. The molecule has 0 saturated carbocycles. The van der Waals surface area contributed by atoms with Crippen LogP contribution in [0.1, 0.15) is 31.7 Å². The number of aromatic nitrogens is 2. The summed E-state index contributed by atoms with van der Waals surface area (Å²) >= 11 is 0. The molecule has 0 bridgehead atoms. The van der Waals surface area contributed by atoms with Crippen molar-refractivity contribution in [2.24, 2.45) is 11.8 Å². The maximum Gasteiger partial charge on any atom is 0.246 e. The van der Waals surface area contributed by atoms with Crippen LogP contribution in [0, 0.1) is 18.8 Å². The van der Waals surface area contributed by atoms with Gasteiger partial charge in [-0.1, -0.05) is 13.8 Å². The molecule has 1 aromatic heterocycles. The largest absolute Gasteiger partial charge is 0.314 e. The van der Waals surface area contributed by atoms with Gasteiger partial charge in [-0.2, -0.15) is 9.40 Å². The number of sulfonamides is 1. The Labute approximate surface area is 121 Å². The van der Waals surface area contributed by atoms with Gasteiger partial charge in [0, 0.05) is 19.6 Å². The first-order valence-corrected chi connectivity index (χ1v) is 8.48.